The first kappa shape index (κ1) is 15.6. The molecular weight excluding hydrogens is 290 g/mol. The number of benzene rings is 1. The van der Waals surface area contributed by atoms with Gasteiger partial charge in [0, 0.05) is 31.1 Å². The van der Waals surface area contributed by atoms with Crippen molar-refractivity contribution in [3.05, 3.63) is 28.8 Å². The molecule has 2 amide bonds. The number of hydrogen-bond donors (Lipinski definition) is 2. The summed E-state index contributed by atoms with van der Waals surface area (Å²) in [5.74, 6) is 0.0235. The third-order valence-corrected chi connectivity index (χ3v) is 4.08. The van der Waals surface area contributed by atoms with E-state index in [4.69, 9.17) is 17.3 Å². The van der Waals surface area contributed by atoms with Crippen molar-refractivity contribution >= 4 is 29.1 Å². The van der Waals surface area contributed by atoms with Crippen LogP contribution in [-0.4, -0.2) is 36.3 Å². The zero-order valence-corrected chi connectivity index (χ0v) is 12.8. The van der Waals surface area contributed by atoms with Crippen molar-refractivity contribution in [1.82, 2.24) is 10.2 Å². The van der Waals surface area contributed by atoms with E-state index in [0.717, 1.165) is 0 Å². The molecule has 3 N–H and O–H groups in total. The van der Waals surface area contributed by atoms with Gasteiger partial charge >= 0.3 is 0 Å². The summed E-state index contributed by atoms with van der Waals surface area (Å²) in [6, 6.07) is 4.91. The van der Waals surface area contributed by atoms with Gasteiger partial charge in [0.2, 0.25) is 5.91 Å². The SMILES string of the molecule is CCNC(=O)C1CCN(C(=O)c2ccc(N)c(Cl)c2)CC1. The van der Waals surface area contributed by atoms with Gasteiger partial charge in [-0.15, -0.1) is 0 Å². The number of nitrogens with one attached hydrogen (secondary N) is 1. The molecule has 2 rings (SSSR count). The first-order valence-electron chi connectivity index (χ1n) is 7.15. The second-order valence-electron chi connectivity index (χ2n) is 5.20. The molecule has 1 aliphatic heterocycles. The average Bonchev–Trinajstić information content (AvgIpc) is 2.50. The molecule has 0 bridgehead atoms. The first-order chi connectivity index (χ1) is 10.0. The molecule has 0 unspecified atom stereocenters. The lowest BCUT2D eigenvalue weighted by Crippen LogP contribution is -2.43. The van der Waals surface area contributed by atoms with Gasteiger partial charge in [-0.25, -0.2) is 0 Å². The summed E-state index contributed by atoms with van der Waals surface area (Å²) in [7, 11) is 0. The number of hydrogen-bond acceptors (Lipinski definition) is 3. The van der Waals surface area contributed by atoms with E-state index in [-0.39, 0.29) is 17.7 Å². The largest absolute Gasteiger partial charge is 0.398 e. The molecule has 0 atom stereocenters. The average molecular weight is 310 g/mol. The summed E-state index contributed by atoms with van der Waals surface area (Å²) in [6.07, 6.45) is 1.39. The maximum Gasteiger partial charge on any atom is 0.253 e. The summed E-state index contributed by atoms with van der Waals surface area (Å²) < 4.78 is 0. The van der Waals surface area contributed by atoms with Crippen LogP contribution < -0.4 is 11.1 Å². The molecule has 1 aromatic carbocycles. The molecule has 6 heteroatoms. The van der Waals surface area contributed by atoms with Crippen LogP contribution in [0.15, 0.2) is 18.2 Å². The number of halogens is 1. The Morgan fingerprint density at radius 3 is 2.62 bits per heavy atom. The molecule has 1 aliphatic rings. The maximum atomic E-state index is 12.4. The van der Waals surface area contributed by atoms with Crippen LogP contribution in [0.25, 0.3) is 0 Å². The van der Waals surface area contributed by atoms with Crippen molar-refractivity contribution in [3.8, 4) is 0 Å². The number of carbonyl (C=O) groups is 2. The zero-order valence-electron chi connectivity index (χ0n) is 12.1. The zero-order chi connectivity index (χ0) is 15.4. The van der Waals surface area contributed by atoms with E-state index >= 15 is 0 Å². The third kappa shape index (κ3) is 3.67. The fourth-order valence-electron chi connectivity index (χ4n) is 2.51. The van der Waals surface area contributed by atoms with Gasteiger partial charge in [-0.1, -0.05) is 11.6 Å². The number of piperidine rings is 1. The molecule has 0 spiro atoms. The highest BCUT2D eigenvalue weighted by Gasteiger charge is 2.27. The Hall–Kier alpha value is -1.75. The summed E-state index contributed by atoms with van der Waals surface area (Å²) >= 11 is 5.95. The van der Waals surface area contributed by atoms with E-state index in [0.29, 0.717) is 48.7 Å². The van der Waals surface area contributed by atoms with Crippen molar-refractivity contribution in [2.75, 3.05) is 25.4 Å². The van der Waals surface area contributed by atoms with Gasteiger partial charge in [-0.2, -0.15) is 0 Å². The minimum atomic E-state index is -0.0637. The number of nitrogens with two attached hydrogens (primary N) is 1. The quantitative estimate of drug-likeness (QED) is 0.838. The van der Waals surface area contributed by atoms with Crippen LogP contribution in [0.4, 0.5) is 5.69 Å². The lowest BCUT2D eigenvalue weighted by atomic mass is 9.95. The van der Waals surface area contributed by atoms with Crippen LogP contribution in [0.5, 0.6) is 0 Å². The number of carbonyl (C=O) groups excluding carboxylic acids is 2. The van der Waals surface area contributed by atoms with E-state index in [9.17, 15) is 9.59 Å². The maximum absolute atomic E-state index is 12.4. The lowest BCUT2D eigenvalue weighted by Gasteiger charge is -2.31. The summed E-state index contributed by atoms with van der Waals surface area (Å²) in [4.78, 5) is 25.9. The highest BCUT2D eigenvalue weighted by molar-refractivity contribution is 6.33. The number of likely N-dealkylation sites (tertiary alicyclic amines) is 1. The normalized spacial score (nSPS) is 15.8. The number of nitrogens with zero attached hydrogens (tertiary/aromatic N) is 1. The fourth-order valence-corrected chi connectivity index (χ4v) is 2.69. The Morgan fingerprint density at radius 2 is 2.05 bits per heavy atom. The van der Waals surface area contributed by atoms with Gasteiger partial charge < -0.3 is 16.0 Å². The molecule has 0 radical (unpaired) electrons. The fraction of sp³-hybridized carbons (Fsp3) is 0.467. The molecular formula is C15H20ClN3O2. The summed E-state index contributed by atoms with van der Waals surface area (Å²) in [5.41, 5.74) is 6.64. The molecule has 114 valence electrons. The molecule has 5 nitrogen and oxygen atoms in total. The third-order valence-electron chi connectivity index (χ3n) is 3.75. The van der Waals surface area contributed by atoms with Gasteiger partial charge in [0.25, 0.3) is 5.91 Å². The number of amides is 2. The van der Waals surface area contributed by atoms with Gasteiger partial charge in [0.1, 0.15) is 0 Å². The molecule has 21 heavy (non-hydrogen) atoms. The van der Waals surface area contributed by atoms with Gasteiger partial charge in [0.15, 0.2) is 0 Å². The van der Waals surface area contributed by atoms with Gasteiger partial charge in [0.05, 0.1) is 10.7 Å². The predicted octanol–water partition coefficient (Wildman–Crippen LogP) is 1.91. The van der Waals surface area contributed by atoms with Crippen molar-refractivity contribution in [1.29, 1.82) is 0 Å². The van der Waals surface area contributed by atoms with Crippen LogP contribution in [0, 0.1) is 5.92 Å². The predicted molar refractivity (Wildman–Crippen MR) is 83.2 cm³/mol. The minimum Gasteiger partial charge on any atom is -0.398 e. The van der Waals surface area contributed by atoms with Crippen LogP contribution in [-0.2, 0) is 4.79 Å². The Balaban J connectivity index is 1.97. The van der Waals surface area contributed by atoms with E-state index in [1.807, 2.05) is 6.92 Å². The van der Waals surface area contributed by atoms with E-state index in [1.165, 1.54) is 0 Å². The Morgan fingerprint density at radius 1 is 1.38 bits per heavy atom. The second-order valence-corrected chi connectivity index (χ2v) is 5.60. The van der Waals surface area contributed by atoms with Crippen molar-refractivity contribution in [2.45, 2.75) is 19.8 Å². The van der Waals surface area contributed by atoms with E-state index in [2.05, 4.69) is 5.32 Å². The molecule has 0 saturated carbocycles. The van der Waals surface area contributed by atoms with E-state index < -0.39 is 0 Å². The standard InChI is InChI=1S/C15H20ClN3O2/c1-2-18-14(20)10-5-7-19(8-6-10)15(21)11-3-4-13(17)12(16)9-11/h3-4,9-10H,2,5-8,17H2,1H3,(H,18,20). The minimum absolute atomic E-state index is 0.00371. The van der Waals surface area contributed by atoms with E-state index in [1.54, 1.807) is 23.1 Å². The summed E-state index contributed by atoms with van der Waals surface area (Å²) in [6.45, 7) is 3.72. The molecule has 1 saturated heterocycles. The van der Waals surface area contributed by atoms with Crippen molar-refractivity contribution < 1.29 is 9.59 Å². The molecule has 0 aliphatic carbocycles. The topological polar surface area (TPSA) is 75.4 Å². The first-order valence-corrected chi connectivity index (χ1v) is 7.52. The van der Waals surface area contributed by atoms with Crippen LogP contribution >= 0.6 is 11.6 Å². The molecule has 1 fully saturated rings. The lowest BCUT2D eigenvalue weighted by molar-refractivity contribution is -0.126. The number of nitrogen functional groups attached to an aromatic ring is 1. The smallest absolute Gasteiger partial charge is 0.253 e. The highest BCUT2D eigenvalue weighted by Crippen LogP contribution is 2.23. The number of anilines is 1. The highest BCUT2D eigenvalue weighted by atomic mass is 35.5. The monoisotopic (exact) mass is 309 g/mol. The Labute approximate surface area is 129 Å². The van der Waals surface area contributed by atoms with Crippen molar-refractivity contribution in [3.63, 3.8) is 0 Å². The molecule has 1 aromatic rings. The second kappa shape index (κ2) is 6.80. The Bertz CT molecular complexity index is 540. The van der Waals surface area contributed by atoms with Gasteiger partial charge in [-0.3, -0.25) is 9.59 Å². The Kier molecular flexibility index (Phi) is 5.07. The van der Waals surface area contributed by atoms with Gasteiger partial charge in [-0.05, 0) is 38.0 Å². The molecule has 0 aromatic heterocycles. The van der Waals surface area contributed by atoms with Crippen LogP contribution in [0.1, 0.15) is 30.1 Å². The number of rotatable bonds is 3. The van der Waals surface area contributed by atoms with Crippen molar-refractivity contribution in [2.24, 2.45) is 5.92 Å². The molecule has 1 heterocycles. The summed E-state index contributed by atoms with van der Waals surface area (Å²) in [5, 5.41) is 3.22. The van der Waals surface area contributed by atoms with Crippen LogP contribution in [0.3, 0.4) is 0 Å². The van der Waals surface area contributed by atoms with Crippen LogP contribution in [0.2, 0.25) is 5.02 Å².